The van der Waals surface area contributed by atoms with Crippen LogP contribution in [0.25, 0.3) is 0 Å². The molecule has 1 heterocycles. The van der Waals surface area contributed by atoms with Crippen molar-refractivity contribution in [3.8, 4) is 11.5 Å². The van der Waals surface area contributed by atoms with Gasteiger partial charge in [-0.25, -0.2) is 9.59 Å². The molecule has 0 saturated heterocycles. The molecule has 2 aromatic rings. The van der Waals surface area contributed by atoms with E-state index in [1.54, 1.807) is 25.6 Å². The first-order valence-corrected chi connectivity index (χ1v) is 10.4. The molecule has 0 saturated carbocycles. The van der Waals surface area contributed by atoms with Crippen molar-refractivity contribution in [2.45, 2.75) is 33.4 Å². The molecule has 1 aliphatic rings. The van der Waals surface area contributed by atoms with Crippen LogP contribution in [0.1, 0.15) is 13.8 Å². The van der Waals surface area contributed by atoms with Gasteiger partial charge in [0.1, 0.15) is 11.5 Å². The molecule has 0 amide bonds. The molecule has 6 nitrogen and oxygen atoms in total. The van der Waals surface area contributed by atoms with Crippen molar-refractivity contribution in [3.05, 3.63) is 36.4 Å². The van der Waals surface area contributed by atoms with E-state index >= 15 is 0 Å². The first-order valence-electron chi connectivity index (χ1n) is 8.80. The molecular formula is C20H20O6S2. The molecule has 0 unspecified atom stereocenters. The van der Waals surface area contributed by atoms with Crippen LogP contribution in [0.2, 0.25) is 0 Å². The fraction of sp³-hybridized carbons (Fsp3) is 0.300. The number of ether oxygens (including phenoxy) is 4. The molecule has 3 rings (SSSR count). The Morgan fingerprint density at radius 2 is 1.54 bits per heavy atom. The maximum atomic E-state index is 11.6. The van der Waals surface area contributed by atoms with E-state index in [2.05, 4.69) is 0 Å². The van der Waals surface area contributed by atoms with E-state index in [-0.39, 0.29) is 13.2 Å². The van der Waals surface area contributed by atoms with Gasteiger partial charge in [0.25, 0.3) is 0 Å². The zero-order chi connectivity index (χ0) is 19.9. The molecule has 2 aromatic carbocycles. The maximum absolute atomic E-state index is 11.6. The molecule has 0 radical (unpaired) electrons. The highest BCUT2D eigenvalue weighted by Crippen LogP contribution is 2.52. The maximum Gasteiger partial charge on any atom is 0.344 e. The average molecular weight is 421 g/mol. The number of hydrogen-bond donors (Lipinski definition) is 0. The van der Waals surface area contributed by atoms with Gasteiger partial charge in [0.15, 0.2) is 13.2 Å². The van der Waals surface area contributed by atoms with E-state index in [9.17, 15) is 9.59 Å². The second kappa shape index (κ2) is 9.75. The average Bonchev–Trinajstić information content (AvgIpc) is 2.69. The lowest BCUT2D eigenvalue weighted by Gasteiger charge is -2.21. The van der Waals surface area contributed by atoms with Gasteiger partial charge in [-0.15, -0.1) is 0 Å². The van der Waals surface area contributed by atoms with E-state index in [1.165, 1.54) is 11.8 Å². The molecule has 0 aliphatic carbocycles. The normalized spacial score (nSPS) is 11.8. The molecule has 0 aromatic heterocycles. The SMILES string of the molecule is CCOC(=O)COc1ccc2c(c1)Sc1c(OCC(=O)OCC)cccc1S2. The van der Waals surface area contributed by atoms with Gasteiger partial charge in [0, 0.05) is 14.7 Å². The van der Waals surface area contributed by atoms with Gasteiger partial charge in [-0.3, -0.25) is 0 Å². The summed E-state index contributed by atoms with van der Waals surface area (Å²) in [6.07, 6.45) is 0. The minimum absolute atomic E-state index is 0.130. The summed E-state index contributed by atoms with van der Waals surface area (Å²) in [6.45, 7) is 3.89. The smallest absolute Gasteiger partial charge is 0.344 e. The lowest BCUT2D eigenvalue weighted by atomic mass is 10.3. The van der Waals surface area contributed by atoms with Crippen LogP contribution in [-0.2, 0) is 19.1 Å². The van der Waals surface area contributed by atoms with Crippen LogP contribution in [0.3, 0.4) is 0 Å². The van der Waals surface area contributed by atoms with Crippen molar-refractivity contribution in [1.82, 2.24) is 0 Å². The number of esters is 2. The van der Waals surface area contributed by atoms with E-state index in [0.29, 0.717) is 24.7 Å². The second-order valence-electron chi connectivity index (χ2n) is 5.58. The van der Waals surface area contributed by atoms with Crippen LogP contribution in [0.15, 0.2) is 56.0 Å². The summed E-state index contributed by atoms with van der Waals surface area (Å²) in [4.78, 5) is 27.1. The summed E-state index contributed by atoms with van der Waals surface area (Å²) in [5, 5.41) is 0. The third kappa shape index (κ3) is 5.14. The van der Waals surface area contributed by atoms with Gasteiger partial charge in [0.2, 0.25) is 0 Å². The molecule has 0 N–H and O–H groups in total. The number of fused-ring (bicyclic) bond motifs is 2. The van der Waals surface area contributed by atoms with Crippen molar-refractivity contribution in [1.29, 1.82) is 0 Å². The predicted molar refractivity (Wildman–Crippen MR) is 105 cm³/mol. The number of carbonyl (C=O) groups excluding carboxylic acids is 2. The van der Waals surface area contributed by atoms with Crippen LogP contribution in [-0.4, -0.2) is 38.4 Å². The van der Waals surface area contributed by atoms with Crippen molar-refractivity contribution >= 4 is 35.5 Å². The Morgan fingerprint density at radius 3 is 2.25 bits per heavy atom. The molecular weight excluding hydrogens is 400 g/mol. The molecule has 1 aliphatic heterocycles. The minimum Gasteiger partial charge on any atom is -0.482 e. The lowest BCUT2D eigenvalue weighted by Crippen LogP contribution is -2.15. The van der Waals surface area contributed by atoms with E-state index in [1.807, 2.05) is 36.4 Å². The molecule has 0 spiro atoms. The summed E-state index contributed by atoms with van der Waals surface area (Å²) < 4.78 is 21.0. The fourth-order valence-electron chi connectivity index (χ4n) is 2.45. The summed E-state index contributed by atoms with van der Waals surface area (Å²) in [6, 6.07) is 11.4. The predicted octanol–water partition coefficient (Wildman–Crippen LogP) is 4.19. The Labute approximate surface area is 171 Å². The monoisotopic (exact) mass is 420 g/mol. The summed E-state index contributed by atoms with van der Waals surface area (Å²) >= 11 is 3.16. The Kier molecular flexibility index (Phi) is 7.11. The molecule has 28 heavy (non-hydrogen) atoms. The van der Waals surface area contributed by atoms with E-state index in [4.69, 9.17) is 18.9 Å². The Hall–Kier alpha value is -2.32. The van der Waals surface area contributed by atoms with Crippen LogP contribution >= 0.6 is 23.5 Å². The van der Waals surface area contributed by atoms with Crippen LogP contribution < -0.4 is 9.47 Å². The summed E-state index contributed by atoms with van der Waals surface area (Å²) in [7, 11) is 0. The molecule has 0 fully saturated rings. The number of rotatable bonds is 8. The summed E-state index contributed by atoms with van der Waals surface area (Å²) in [5.41, 5.74) is 0. The fourth-order valence-corrected chi connectivity index (χ4v) is 4.78. The number of benzene rings is 2. The van der Waals surface area contributed by atoms with Gasteiger partial charge in [-0.1, -0.05) is 29.6 Å². The van der Waals surface area contributed by atoms with Gasteiger partial charge in [0.05, 0.1) is 18.1 Å². The summed E-state index contributed by atoms with van der Waals surface area (Å²) in [5.74, 6) is 0.422. The van der Waals surface area contributed by atoms with Gasteiger partial charge < -0.3 is 18.9 Å². The highest BCUT2D eigenvalue weighted by molar-refractivity contribution is 8.05. The third-order valence-electron chi connectivity index (χ3n) is 3.60. The topological polar surface area (TPSA) is 71.1 Å². The Bertz CT molecular complexity index is 868. The van der Waals surface area contributed by atoms with E-state index < -0.39 is 11.9 Å². The minimum atomic E-state index is -0.401. The third-order valence-corrected chi connectivity index (χ3v) is 6.18. The van der Waals surface area contributed by atoms with Crippen molar-refractivity contribution in [2.75, 3.05) is 26.4 Å². The van der Waals surface area contributed by atoms with Crippen LogP contribution in [0.4, 0.5) is 0 Å². The largest absolute Gasteiger partial charge is 0.482 e. The molecule has 8 heteroatoms. The first kappa shape index (κ1) is 20.4. The molecule has 0 atom stereocenters. The van der Waals surface area contributed by atoms with Gasteiger partial charge in [-0.05, 0) is 44.2 Å². The lowest BCUT2D eigenvalue weighted by molar-refractivity contribution is -0.146. The number of carbonyl (C=O) groups is 2. The second-order valence-corrected chi connectivity index (χ2v) is 7.72. The van der Waals surface area contributed by atoms with Gasteiger partial charge in [-0.2, -0.15) is 0 Å². The first-order chi connectivity index (χ1) is 13.6. The quantitative estimate of drug-likeness (QED) is 0.503. The Balaban J connectivity index is 1.72. The molecule has 0 bridgehead atoms. The van der Waals surface area contributed by atoms with Gasteiger partial charge >= 0.3 is 11.9 Å². The highest BCUT2D eigenvalue weighted by Gasteiger charge is 2.22. The zero-order valence-corrected chi connectivity index (χ0v) is 17.2. The van der Waals surface area contributed by atoms with Crippen LogP contribution in [0, 0.1) is 0 Å². The standard InChI is InChI=1S/C20H20O6S2/c1-3-23-18(21)11-25-13-8-9-15-17(10-13)28-20-14(6-5-7-16(20)27-15)26-12-19(22)24-4-2/h5-10H,3-4,11-12H2,1-2H3. The zero-order valence-electron chi connectivity index (χ0n) is 15.6. The molecule has 148 valence electrons. The van der Waals surface area contributed by atoms with Crippen molar-refractivity contribution < 1.29 is 28.5 Å². The van der Waals surface area contributed by atoms with Crippen molar-refractivity contribution in [2.24, 2.45) is 0 Å². The highest BCUT2D eigenvalue weighted by atomic mass is 32.2. The number of hydrogen-bond acceptors (Lipinski definition) is 8. The Morgan fingerprint density at radius 1 is 0.821 bits per heavy atom. The van der Waals surface area contributed by atoms with Crippen molar-refractivity contribution in [3.63, 3.8) is 0 Å². The van der Waals surface area contributed by atoms with Crippen LogP contribution in [0.5, 0.6) is 11.5 Å². The van der Waals surface area contributed by atoms with E-state index in [0.717, 1.165) is 19.6 Å².